The van der Waals surface area contributed by atoms with Crippen LogP contribution in [0.4, 0.5) is 0 Å². The molecule has 0 aromatic carbocycles. The fourth-order valence-corrected chi connectivity index (χ4v) is 3.55. The summed E-state index contributed by atoms with van der Waals surface area (Å²) in [5.74, 6) is 0. The molecule has 1 rings (SSSR count). The molecule has 0 aliphatic rings. The summed E-state index contributed by atoms with van der Waals surface area (Å²) in [4.78, 5) is 0.834. The van der Waals surface area contributed by atoms with Gasteiger partial charge in [-0.15, -0.1) is 11.3 Å². The molecule has 80 valence electrons. The van der Waals surface area contributed by atoms with Gasteiger partial charge in [-0.2, -0.15) is 0 Å². The number of rotatable bonds is 3. The van der Waals surface area contributed by atoms with Crippen LogP contribution in [0.1, 0.15) is 0 Å². The Morgan fingerprint density at radius 2 is 1.93 bits per heavy atom. The van der Waals surface area contributed by atoms with Crippen molar-refractivity contribution in [3.8, 4) is 0 Å². The van der Waals surface area contributed by atoms with E-state index in [0.29, 0.717) is 0 Å². The summed E-state index contributed by atoms with van der Waals surface area (Å²) in [5.41, 5.74) is 0. The third-order valence-electron chi connectivity index (χ3n) is 1.35. The topological polar surface area (TPSA) is 101 Å². The van der Waals surface area contributed by atoms with E-state index < -0.39 is 19.9 Å². The predicted molar refractivity (Wildman–Crippen MR) is 49.5 cm³/mol. The van der Waals surface area contributed by atoms with Gasteiger partial charge in [0.1, 0.15) is 4.21 Å². The summed E-state index contributed by atoms with van der Waals surface area (Å²) < 4.78 is 43.9. The van der Waals surface area contributed by atoms with Gasteiger partial charge in [-0.1, -0.05) is 4.89 Å². The summed E-state index contributed by atoms with van der Waals surface area (Å²) in [6, 6.07) is 0.985. The Morgan fingerprint density at radius 3 is 2.29 bits per heavy atom. The fraction of sp³-hybridized carbons (Fsp3) is 0.200. The Morgan fingerprint density at radius 1 is 1.36 bits per heavy atom. The Labute approximate surface area is 85.1 Å². The van der Waals surface area contributed by atoms with E-state index >= 15 is 0 Å². The molecule has 1 aromatic rings. The van der Waals surface area contributed by atoms with Crippen LogP contribution in [-0.4, -0.2) is 28.3 Å². The van der Waals surface area contributed by atoms with Crippen molar-refractivity contribution in [1.29, 1.82) is 0 Å². The summed E-state index contributed by atoms with van der Waals surface area (Å²) in [5, 5.41) is 9.41. The van der Waals surface area contributed by atoms with Crippen LogP contribution in [0.15, 0.2) is 20.6 Å². The van der Waals surface area contributed by atoms with E-state index in [-0.39, 0.29) is 9.10 Å². The van der Waals surface area contributed by atoms with Crippen molar-refractivity contribution in [2.45, 2.75) is 9.10 Å². The van der Waals surface area contributed by atoms with E-state index in [1.165, 1.54) is 0 Å². The second-order valence-electron chi connectivity index (χ2n) is 2.47. The SMILES string of the molecule is CS(=O)(=O)c1cc(S(=O)(=O)NO)cs1. The van der Waals surface area contributed by atoms with Crippen molar-refractivity contribution in [2.24, 2.45) is 0 Å². The number of hydrogen-bond donors (Lipinski definition) is 2. The second kappa shape index (κ2) is 3.59. The maximum Gasteiger partial charge on any atom is 0.263 e. The third kappa shape index (κ3) is 2.30. The Hall–Kier alpha value is -0.480. The normalized spacial score (nSPS) is 13.0. The second-order valence-corrected chi connectivity index (χ2v) is 7.28. The average molecular weight is 257 g/mol. The van der Waals surface area contributed by atoms with Gasteiger partial charge in [-0.05, 0) is 6.07 Å². The molecular formula is C5H7NO5S3. The molecule has 0 bridgehead atoms. The molecule has 1 aromatic heterocycles. The highest BCUT2D eigenvalue weighted by Crippen LogP contribution is 2.22. The first kappa shape index (κ1) is 11.6. The van der Waals surface area contributed by atoms with Crippen molar-refractivity contribution >= 4 is 31.2 Å². The van der Waals surface area contributed by atoms with E-state index in [4.69, 9.17) is 5.21 Å². The standard InChI is InChI=1S/C5H7NO5S3/c1-13(8,9)5-2-4(3-12-5)14(10,11)6-7/h2-3,6-7H,1H3. The molecule has 0 spiro atoms. The van der Waals surface area contributed by atoms with Crippen LogP contribution in [0.2, 0.25) is 0 Å². The van der Waals surface area contributed by atoms with Crippen molar-refractivity contribution in [2.75, 3.05) is 6.26 Å². The summed E-state index contributed by atoms with van der Waals surface area (Å²) in [6.07, 6.45) is 0.974. The minimum atomic E-state index is -3.99. The minimum Gasteiger partial charge on any atom is -0.302 e. The molecular weight excluding hydrogens is 250 g/mol. The van der Waals surface area contributed by atoms with Crippen LogP contribution in [0.5, 0.6) is 0 Å². The molecule has 6 nitrogen and oxygen atoms in total. The molecule has 1 heterocycles. The smallest absolute Gasteiger partial charge is 0.263 e. The van der Waals surface area contributed by atoms with Crippen molar-refractivity contribution in [3.63, 3.8) is 0 Å². The fourth-order valence-electron chi connectivity index (χ4n) is 0.688. The third-order valence-corrected chi connectivity index (χ3v) is 5.36. The van der Waals surface area contributed by atoms with Gasteiger partial charge in [0.2, 0.25) is 0 Å². The van der Waals surface area contributed by atoms with Gasteiger partial charge >= 0.3 is 0 Å². The van der Waals surface area contributed by atoms with E-state index in [0.717, 1.165) is 33.9 Å². The molecule has 0 fully saturated rings. The molecule has 0 aliphatic carbocycles. The van der Waals surface area contributed by atoms with Crippen LogP contribution in [0, 0.1) is 0 Å². The first-order valence-corrected chi connectivity index (χ1v) is 7.47. The first-order valence-electron chi connectivity index (χ1n) is 3.22. The highest BCUT2D eigenvalue weighted by atomic mass is 32.2. The Bertz CT molecular complexity index is 525. The lowest BCUT2D eigenvalue weighted by Gasteiger charge is -1.95. The summed E-state index contributed by atoms with van der Waals surface area (Å²) in [7, 11) is -7.39. The number of thiophene rings is 1. The maximum absolute atomic E-state index is 11.0. The minimum absolute atomic E-state index is 0.0636. The van der Waals surface area contributed by atoms with Crippen LogP contribution in [-0.2, 0) is 19.9 Å². The number of hydrogen-bond acceptors (Lipinski definition) is 6. The van der Waals surface area contributed by atoms with Crippen LogP contribution in [0.25, 0.3) is 0 Å². The predicted octanol–water partition coefficient (Wildman–Crippen LogP) is -0.181. The highest BCUT2D eigenvalue weighted by Gasteiger charge is 2.18. The van der Waals surface area contributed by atoms with Gasteiger partial charge in [-0.25, -0.2) is 16.8 Å². The molecule has 14 heavy (non-hydrogen) atoms. The molecule has 0 atom stereocenters. The highest BCUT2D eigenvalue weighted by molar-refractivity contribution is 7.93. The molecule has 0 aliphatic heterocycles. The molecule has 2 N–H and O–H groups in total. The monoisotopic (exact) mass is 257 g/mol. The van der Waals surface area contributed by atoms with E-state index in [9.17, 15) is 16.8 Å². The van der Waals surface area contributed by atoms with Gasteiger partial charge in [0.25, 0.3) is 10.0 Å². The zero-order valence-corrected chi connectivity index (χ0v) is 9.41. The van der Waals surface area contributed by atoms with Crippen LogP contribution < -0.4 is 4.89 Å². The lowest BCUT2D eigenvalue weighted by molar-refractivity contribution is 0.242. The summed E-state index contributed by atoms with van der Waals surface area (Å²) >= 11 is 0.780. The van der Waals surface area contributed by atoms with Crippen molar-refractivity contribution in [3.05, 3.63) is 11.4 Å². The largest absolute Gasteiger partial charge is 0.302 e. The zero-order valence-electron chi connectivity index (χ0n) is 6.96. The van der Waals surface area contributed by atoms with Gasteiger partial charge in [0, 0.05) is 11.6 Å². The molecule has 0 amide bonds. The zero-order chi connectivity index (χ0) is 11.0. The van der Waals surface area contributed by atoms with Gasteiger partial charge < -0.3 is 5.21 Å². The molecule has 0 unspecified atom stereocenters. The van der Waals surface area contributed by atoms with E-state index in [2.05, 4.69) is 0 Å². The number of sulfone groups is 1. The molecule has 0 radical (unpaired) electrons. The Kier molecular flexibility index (Phi) is 2.97. The summed E-state index contributed by atoms with van der Waals surface area (Å²) in [6.45, 7) is 0. The lowest BCUT2D eigenvalue weighted by Crippen LogP contribution is -2.18. The van der Waals surface area contributed by atoms with Crippen molar-refractivity contribution in [1.82, 2.24) is 4.89 Å². The quantitative estimate of drug-likeness (QED) is 0.731. The number of nitrogens with one attached hydrogen (secondary N) is 1. The first-order chi connectivity index (χ1) is 6.27. The average Bonchev–Trinajstić information content (AvgIpc) is 2.51. The van der Waals surface area contributed by atoms with Gasteiger partial charge in [-0.3, -0.25) is 0 Å². The van der Waals surface area contributed by atoms with Crippen LogP contribution in [0.3, 0.4) is 0 Å². The number of sulfonamides is 1. The maximum atomic E-state index is 11.0. The molecule has 9 heteroatoms. The molecule has 0 saturated carbocycles. The Balaban J connectivity index is 3.27. The van der Waals surface area contributed by atoms with Gasteiger partial charge in [0.05, 0.1) is 4.90 Å². The molecule has 0 saturated heterocycles. The van der Waals surface area contributed by atoms with Crippen molar-refractivity contribution < 1.29 is 22.0 Å². The van der Waals surface area contributed by atoms with Crippen LogP contribution >= 0.6 is 11.3 Å². The van der Waals surface area contributed by atoms with Gasteiger partial charge in [0.15, 0.2) is 9.84 Å². The lowest BCUT2D eigenvalue weighted by atomic mass is 10.7. The van der Waals surface area contributed by atoms with E-state index in [1.807, 2.05) is 0 Å². The van der Waals surface area contributed by atoms with E-state index in [1.54, 1.807) is 0 Å².